The summed E-state index contributed by atoms with van der Waals surface area (Å²) in [6.07, 6.45) is 0. The van der Waals surface area contributed by atoms with Crippen LogP contribution in [0.5, 0.6) is 0 Å². The van der Waals surface area contributed by atoms with Crippen molar-refractivity contribution in [1.29, 1.82) is 0 Å². The van der Waals surface area contributed by atoms with Crippen molar-refractivity contribution in [3.63, 3.8) is 0 Å². The molecule has 0 aliphatic carbocycles. The second-order valence-electron chi connectivity index (χ2n) is 6.01. The Bertz CT molecular complexity index is 960. The second-order valence-corrected chi connectivity index (χ2v) is 6.88. The number of aromatic nitrogens is 1. The maximum absolute atomic E-state index is 6.04. The monoisotopic (exact) mass is 375 g/mol. The second kappa shape index (κ2) is 7.33. The average molecular weight is 376 g/mol. The summed E-state index contributed by atoms with van der Waals surface area (Å²) in [6.45, 7) is 0. The molecule has 1 nitrogen and oxygen atoms in total. The lowest BCUT2D eigenvalue weighted by molar-refractivity contribution is 1.32. The first-order chi connectivity index (χ1) is 12.7. The van der Waals surface area contributed by atoms with Crippen molar-refractivity contribution in [1.82, 2.24) is 4.98 Å². The van der Waals surface area contributed by atoms with Gasteiger partial charge in [-0.25, -0.2) is 4.98 Å². The first-order valence-corrected chi connectivity index (χ1v) is 9.04. The normalized spacial score (nSPS) is 10.7. The molecule has 3 heteroatoms. The van der Waals surface area contributed by atoms with E-state index in [1.165, 1.54) is 0 Å². The summed E-state index contributed by atoms with van der Waals surface area (Å²) in [6, 6.07) is 30.0. The zero-order valence-corrected chi connectivity index (χ0v) is 15.4. The van der Waals surface area contributed by atoms with Crippen LogP contribution < -0.4 is 0 Å². The fraction of sp³-hybridized carbons (Fsp3) is 0. The van der Waals surface area contributed by atoms with Crippen molar-refractivity contribution in [2.24, 2.45) is 0 Å². The van der Waals surface area contributed by atoms with Gasteiger partial charge in [-0.2, -0.15) is 0 Å². The Kier molecular flexibility index (Phi) is 4.75. The predicted molar refractivity (Wildman–Crippen MR) is 111 cm³/mol. The summed E-state index contributed by atoms with van der Waals surface area (Å²) in [5, 5.41) is 1.43. The van der Waals surface area contributed by atoms with E-state index in [1.54, 1.807) is 0 Å². The van der Waals surface area contributed by atoms with E-state index < -0.39 is 0 Å². The minimum atomic E-state index is 0.714. The Morgan fingerprint density at radius 2 is 0.923 bits per heavy atom. The molecule has 0 saturated heterocycles. The molecule has 4 rings (SSSR count). The smallest absolute Gasteiger partial charge is 0.0715 e. The van der Waals surface area contributed by atoms with E-state index >= 15 is 0 Å². The summed E-state index contributed by atoms with van der Waals surface area (Å²) < 4.78 is 0. The Morgan fingerprint density at radius 1 is 0.462 bits per heavy atom. The van der Waals surface area contributed by atoms with Gasteiger partial charge in [0.2, 0.25) is 0 Å². The number of pyridine rings is 1. The van der Waals surface area contributed by atoms with Gasteiger partial charge in [-0.05, 0) is 47.5 Å². The van der Waals surface area contributed by atoms with E-state index in [4.69, 9.17) is 28.2 Å². The van der Waals surface area contributed by atoms with E-state index in [0.29, 0.717) is 10.0 Å². The number of rotatable bonds is 3. The number of halogens is 2. The van der Waals surface area contributed by atoms with Crippen LogP contribution in [0.25, 0.3) is 33.6 Å². The lowest BCUT2D eigenvalue weighted by Gasteiger charge is -2.10. The van der Waals surface area contributed by atoms with Crippen LogP contribution in [0.3, 0.4) is 0 Å². The first kappa shape index (κ1) is 16.8. The zero-order valence-electron chi connectivity index (χ0n) is 13.9. The van der Waals surface area contributed by atoms with Crippen LogP contribution in [0.4, 0.5) is 0 Å². The Labute approximate surface area is 162 Å². The van der Waals surface area contributed by atoms with E-state index in [0.717, 1.165) is 33.6 Å². The van der Waals surface area contributed by atoms with Gasteiger partial charge in [0.25, 0.3) is 0 Å². The number of hydrogen-bond acceptors (Lipinski definition) is 1. The van der Waals surface area contributed by atoms with Gasteiger partial charge in [0.15, 0.2) is 0 Å². The standard InChI is InChI=1S/C23H15Cl2N/c24-20-10-6-17(7-11-20)22-14-19(16-4-2-1-3-5-16)15-23(26-22)18-8-12-21(25)13-9-18/h1-15H. The highest BCUT2D eigenvalue weighted by Crippen LogP contribution is 2.31. The van der Waals surface area contributed by atoms with Crippen LogP contribution in [0.15, 0.2) is 91.0 Å². The van der Waals surface area contributed by atoms with Crippen LogP contribution in [0.2, 0.25) is 10.0 Å². The van der Waals surface area contributed by atoms with Crippen molar-refractivity contribution in [2.45, 2.75) is 0 Å². The lowest BCUT2D eigenvalue weighted by Crippen LogP contribution is -1.91. The van der Waals surface area contributed by atoms with Crippen LogP contribution >= 0.6 is 23.2 Å². The Hall–Kier alpha value is -2.61. The quantitative estimate of drug-likeness (QED) is 0.363. The number of nitrogens with zero attached hydrogens (tertiary/aromatic N) is 1. The molecule has 0 unspecified atom stereocenters. The van der Waals surface area contributed by atoms with Gasteiger partial charge in [-0.1, -0.05) is 77.8 Å². The highest BCUT2D eigenvalue weighted by atomic mass is 35.5. The molecular weight excluding hydrogens is 361 g/mol. The third kappa shape index (κ3) is 3.65. The molecule has 0 aliphatic heterocycles. The summed E-state index contributed by atoms with van der Waals surface area (Å²) in [5.41, 5.74) is 6.15. The van der Waals surface area contributed by atoms with Gasteiger partial charge in [-0.15, -0.1) is 0 Å². The number of hydrogen-bond donors (Lipinski definition) is 0. The molecular formula is C23H15Cl2N. The Morgan fingerprint density at radius 3 is 1.38 bits per heavy atom. The predicted octanol–water partition coefficient (Wildman–Crippen LogP) is 7.39. The van der Waals surface area contributed by atoms with Crippen LogP contribution in [0.1, 0.15) is 0 Å². The van der Waals surface area contributed by atoms with Gasteiger partial charge in [0.1, 0.15) is 0 Å². The number of benzene rings is 3. The third-order valence-electron chi connectivity index (χ3n) is 4.21. The van der Waals surface area contributed by atoms with Crippen molar-refractivity contribution in [3.05, 3.63) is 101 Å². The molecule has 0 bridgehead atoms. The van der Waals surface area contributed by atoms with Gasteiger partial charge in [0, 0.05) is 21.2 Å². The molecule has 0 aliphatic rings. The topological polar surface area (TPSA) is 12.9 Å². The summed E-state index contributed by atoms with van der Waals surface area (Å²) in [4.78, 5) is 4.87. The van der Waals surface area contributed by atoms with E-state index in [-0.39, 0.29) is 0 Å². The van der Waals surface area contributed by atoms with E-state index in [1.807, 2.05) is 66.7 Å². The molecule has 26 heavy (non-hydrogen) atoms. The van der Waals surface area contributed by atoms with Crippen LogP contribution in [0, 0.1) is 0 Å². The molecule has 1 heterocycles. The molecule has 0 saturated carbocycles. The largest absolute Gasteiger partial charge is 0.248 e. The average Bonchev–Trinajstić information content (AvgIpc) is 2.69. The van der Waals surface area contributed by atoms with E-state index in [9.17, 15) is 0 Å². The maximum Gasteiger partial charge on any atom is 0.0715 e. The van der Waals surface area contributed by atoms with Crippen molar-refractivity contribution >= 4 is 23.2 Å². The first-order valence-electron chi connectivity index (χ1n) is 8.28. The van der Waals surface area contributed by atoms with Crippen molar-refractivity contribution in [3.8, 4) is 33.6 Å². The fourth-order valence-corrected chi connectivity index (χ4v) is 3.12. The van der Waals surface area contributed by atoms with Gasteiger partial charge < -0.3 is 0 Å². The molecule has 1 aromatic heterocycles. The molecule has 0 fully saturated rings. The van der Waals surface area contributed by atoms with E-state index in [2.05, 4.69) is 24.3 Å². The van der Waals surface area contributed by atoms with Crippen molar-refractivity contribution < 1.29 is 0 Å². The molecule has 0 radical (unpaired) electrons. The highest BCUT2D eigenvalue weighted by Gasteiger charge is 2.09. The highest BCUT2D eigenvalue weighted by molar-refractivity contribution is 6.30. The van der Waals surface area contributed by atoms with Gasteiger partial charge in [0.05, 0.1) is 11.4 Å². The summed E-state index contributed by atoms with van der Waals surface area (Å²) in [7, 11) is 0. The van der Waals surface area contributed by atoms with Gasteiger partial charge in [-0.3, -0.25) is 0 Å². The zero-order chi connectivity index (χ0) is 17.9. The molecule has 0 atom stereocenters. The van der Waals surface area contributed by atoms with Crippen LogP contribution in [-0.4, -0.2) is 4.98 Å². The summed E-state index contributed by atoms with van der Waals surface area (Å²) in [5.74, 6) is 0. The fourth-order valence-electron chi connectivity index (χ4n) is 2.86. The molecule has 0 amide bonds. The van der Waals surface area contributed by atoms with Crippen molar-refractivity contribution in [2.75, 3.05) is 0 Å². The molecule has 3 aromatic carbocycles. The minimum absolute atomic E-state index is 0.714. The van der Waals surface area contributed by atoms with Gasteiger partial charge >= 0.3 is 0 Å². The van der Waals surface area contributed by atoms with Crippen LogP contribution in [-0.2, 0) is 0 Å². The maximum atomic E-state index is 6.04. The lowest BCUT2D eigenvalue weighted by atomic mass is 10.00. The minimum Gasteiger partial charge on any atom is -0.248 e. The molecule has 0 N–H and O–H groups in total. The third-order valence-corrected chi connectivity index (χ3v) is 4.72. The summed E-state index contributed by atoms with van der Waals surface area (Å²) >= 11 is 12.1. The molecule has 126 valence electrons. The SMILES string of the molecule is Clc1ccc(-c2cc(-c3ccccc3)cc(-c3ccc(Cl)cc3)n2)cc1. The molecule has 4 aromatic rings. The Balaban J connectivity index is 1.89. The molecule has 0 spiro atoms.